The molecule has 0 aromatic heterocycles. The third kappa shape index (κ3) is 8.74. The molecule has 2 aliphatic heterocycles. The van der Waals surface area contributed by atoms with Gasteiger partial charge in [0.1, 0.15) is 18.2 Å². The van der Waals surface area contributed by atoms with Gasteiger partial charge in [-0.25, -0.2) is 0 Å². The van der Waals surface area contributed by atoms with E-state index in [1.807, 2.05) is 0 Å². The van der Waals surface area contributed by atoms with Gasteiger partial charge >= 0.3 is 0 Å². The first kappa shape index (κ1) is 24.9. The van der Waals surface area contributed by atoms with E-state index in [0.29, 0.717) is 32.3 Å². The maximum Gasteiger partial charge on any atom is 0.242 e. The molecule has 0 aromatic carbocycles. The minimum atomic E-state index is -0.872. The molecule has 0 aromatic rings. The molecule has 31 heavy (non-hydrogen) atoms. The van der Waals surface area contributed by atoms with Gasteiger partial charge in [0.2, 0.25) is 24.0 Å². The number of hydrogen-bond donors (Lipinski definition) is 4. The molecule has 0 spiro atoms. The van der Waals surface area contributed by atoms with Crippen LogP contribution in [0.3, 0.4) is 0 Å². The summed E-state index contributed by atoms with van der Waals surface area (Å²) < 4.78 is 4.93. The normalized spacial score (nSPS) is 22.6. The molecule has 2 rings (SSSR count). The number of nitrogens with one attached hydrogen (secondary N) is 4. The lowest BCUT2D eigenvalue weighted by atomic mass is 10.1. The summed E-state index contributed by atoms with van der Waals surface area (Å²) in [4.78, 5) is 59.4. The molecule has 0 bridgehead atoms. The average molecular weight is 438 g/mol. The lowest BCUT2D eigenvalue weighted by molar-refractivity contribution is -0.132. The Morgan fingerprint density at radius 1 is 1.03 bits per heavy atom. The summed E-state index contributed by atoms with van der Waals surface area (Å²) in [7, 11) is 0. The Morgan fingerprint density at radius 3 is 2.32 bits per heavy atom. The second kappa shape index (κ2) is 12.5. The summed E-state index contributed by atoms with van der Waals surface area (Å²) in [6, 6.07) is -2.73. The number of hydrogen-bond acceptors (Lipinski definition) is 7. The van der Waals surface area contributed by atoms with Crippen molar-refractivity contribution in [2.45, 2.75) is 89.1 Å². The van der Waals surface area contributed by atoms with E-state index in [1.54, 1.807) is 13.2 Å². The van der Waals surface area contributed by atoms with Crippen molar-refractivity contribution in [1.29, 1.82) is 0 Å². The first-order chi connectivity index (χ1) is 14.8. The van der Waals surface area contributed by atoms with Crippen LogP contribution in [0, 0.1) is 0 Å². The first-order valence-electron chi connectivity index (χ1n) is 11.0. The molecule has 3 amide bonds. The second-order valence-electron chi connectivity index (χ2n) is 8.18. The predicted molar refractivity (Wildman–Crippen MR) is 112 cm³/mol. The van der Waals surface area contributed by atoms with E-state index < -0.39 is 29.9 Å². The molecule has 4 N–H and O–H groups in total. The molecule has 2 heterocycles. The van der Waals surface area contributed by atoms with E-state index in [0.717, 1.165) is 25.8 Å². The zero-order valence-electron chi connectivity index (χ0n) is 18.2. The van der Waals surface area contributed by atoms with Gasteiger partial charge in [-0.2, -0.15) is 0 Å². The summed E-state index contributed by atoms with van der Waals surface area (Å²) in [6.45, 7) is 4.35. The van der Waals surface area contributed by atoms with E-state index in [2.05, 4.69) is 21.3 Å². The molecule has 2 saturated heterocycles. The van der Waals surface area contributed by atoms with Gasteiger partial charge in [0, 0.05) is 6.42 Å². The average Bonchev–Trinajstić information content (AvgIpc) is 3.45. The number of carbonyl (C=O) groups excluding carboxylic acids is 5. The number of unbranched alkanes of at least 4 members (excludes halogenated alkanes) is 2. The Labute approximate surface area is 182 Å². The Morgan fingerprint density at radius 2 is 1.71 bits per heavy atom. The van der Waals surface area contributed by atoms with Gasteiger partial charge in [0.05, 0.1) is 18.7 Å². The molecule has 173 valence electrons. The number of Topliss-reactive ketones (excluding diaryl/α,β-unsaturated/α-hetero) is 1. The van der Waals surface area contributed by atoms with E-state index in [1.165, 1.54) is 6.92 Å². The van der Waals surface area contributed by atoms with E-state index in [9.17, 15) is 24.0 Å². The Bertz CT molecular complexity index is 660. The fourth-order valence-electron chi connectivity index (χ4n) is 3.37. The number of rotatable bonds is 14. The van der Waals surface area contributed by atoms with Crippen LogP contribution in [0.5, 0.6) is 0 Å². The van der Waals surface area contributed by atoms with Crippen LogP contribution in [0.25, 0.3) is 0 Å². The molecule has 10 nitrogen and oxygen atoms in total. The summed E-state index contributed by atoms with van der Waals surface area (Å²) >= 11 is 0. The van der Waals surface area contributed by atoms with Crippen molar-refractivity contribution in [3.05, 3.63) is 0 Å². The molecule has 2 aliphatic rings. The molecule has 2 unspecified atom stereocenters. The van der Waals surface area contributed by atoms with Gasteiger partial charge in [-0.3, -0.25) is 24.0 Å². The van der Waals surface area contributed by atoms with Gasteiger partial charge in [-0.1, -0.05) is 12.8 Å². The highest BCUT2D eigenvalue weighted by molar-refractivity contribution is 5.93. The summed E-state index contributed by atoms with van der Waals surface area (Å²) in [5.74, 6) is -1.11. The number of ether oxygens (including phenoxy) is 1. The smallest absolute Gasteiger partial charge is 0.242 e. The minimum Gasteiger partial charge on any atom is -0.365 e. The summed E-state index contributed by atoms with van der Waals surface area (Å²) in [5, 5.41) is 10.8. The van der Waals surface area contributed by atoms with Gasteiger partial charge in [-0.05, 0) is 46.1 Å². The fraction of sp³-hybridized carbons (Fsp3) is 0.762. The van der Waals surface area contributed by atoms with Crippen molar-refractivity contribution >= 4 is 29.8 Å². The highest BCUT2D eigenvalue weighted by atomic mass is 16.6. The number of carbonyl (C=O) groups is 4. The van der Waals surface area contributed by atoms with Crippen LogP contribution in [0.4, 0.5) is 0 Å². The zero-order chi connectivity index (χ0) is 22.8. The van der Waals surface area contributed by atoms with Crippen LogP contribution in [0.1, 0.15) is 58.8 Å². The molecule has 0 aliphatic carbocycles. The third-order valence-corrected chi connectivity index (χ3v) is 5.45. The van der Waals surface area contributed by atoms with Gasteiger partial charge in [-0.15, -0.1) is 0 Å². The number of ketones is 1. The van der Waals surface area contributed by atoms with Crippen LogP contribution in [0.15, 0.2) is 0 Å². The van der Waals surface area contributed by atoms with Crippen molar-refractivity contribution in [3.63, 3.8) is 0 Å². The van der Waals surface area contributed by atoms with Crippen molar-refractivity contribution in [2.75, 3.05) is 13.2 Å². The van der Waals surface area contributed by atoms with Crippen LogP contribution >= 0.6 is 0 Å². The number of epoxide rings is 1. The lowest BCUT2D eigenvalue weighted by Gasteiger charge is -2.21. The molecular formula is C21H33N4O6. The van der Waals surface area contributed by atoms with Gasteiger partial charge < -0.3 is 26.0 Å². The van der Waals surface area contributed by atoms with Crippen LogP contribution < -0.4 is 21.3 Å². The maximum absolute atomic E-state index is 12.3. The SMILES string of the molecule is C[C@H](NC(=O)[C@H]1CCCN1)C(=O)N[C@H](C)C(=O)NC([C]=O)CCCCCC(=O)C1CO1. The minimum absolute atomic E-state index is 0.112. The van der Waals surface area contributed by atoms with E-state index in [4.69, 9.17) is 4.74 Å². The van der Waals surface area contributed by atoms with Crippen LogP contribution in [-0.4, -0.2) is 73.2 Å². The molecular weight excluding hydrogens is 404 g/mol. The second-order valence-corrected chi connectivity index (χ2v) is 8.18. The Kier molecular flexibility index (Phi) is 10.1. The molecule has 10 heteroatoms. The molecule has 1 radical (unpaired) electrons. The summed E-state index contributed by atoms with van der Waals surface area (Å²) in [6.07, 6.45) is 6.23. The fourth-order valence-corrected chi connectivity index (χ4v) is 3.37. The maximum atomic E-state index is 12.3. The van der Waals surface area contributed by atoms with Crippen LogP contribution in [0.2, 0.25) is 0 Å². The largest absolute Gasteiger partial charge is 0.365 e. The van der Waals surface area contributed by atoms with Crippen molar-refractivity contribution in [3.8, 4) is 0 Å². The third-order valence-electron chi connectivity index (χ3n) is 5.45. The van der Waals surface area contributed by atoms with Crippen molar-refractivity contribution < 1.29 is 28.7 Å². The highest BCUT2D eigenvalue weighted by Crippen LogP contribution is 2.15. The Balaban J connectivity index is 1.63. The van der Waals surface area contributed by atoms with Crippen molar-refractivity contribution in [2.24, 2.45) is 0 Å². The van der Waals surface area contributed by atoms with Crippen molar-refractivity contribution in [1.82, 2.24) is 21.3 Å². The Hall–Kier alpha value is -2.33. The van der Waals surface area contributed by atoms with E-state index in [-0.39, 0.29) is 23.8 Å². The monoisotopic (exact) mass is 437 g/mol. The lowest BCUT2D eigenvalue weighted by Crippen LogP contribution is -2.54. The molecule has 2 fully saturated rings. The zero-order valence-corrected chi connectivity index (χ0v) is 18.2. The standard InChI is InChI=1S/C21H33N4O6/c1-13(24-21(30)16-8-6-10-22-16)19(28)23-14(2)20(29)25-15(11-26)7-4-3-5-9-17(27)18-12-31-18/h13-16,18,22H,3-10,12H2,1-2H3,(H,23,28)(H,24,30)(H,25,29)/t13-,14+,15?,16+,18?/m0/s1. The topological polar surface area (TPSA) is 146 Å². The summed E-state index contributed by atoms with van der Waals surface area (Å²) in [5.41, 5.74) is 0. The van der Waals surface area contributed by atoms with Crippen LogP contribution in [-0.2, 0) is 28.7 Å². The van der Waals surface area contributed by atoms with E-state index >= 15 is 0 Å². The van der Waals surface area contributed by atoms with Gasteiger partial charge in [0.15, 0.2) is 5.78 Å². The molecule has 5 atom stereocenters. The van der Waals surface area contributed by atoms with Gasteiger partial charge in [0.25, 0.3) is 0 Å². The molecule has 0 saturated carbocycles. The number of amides is 3. The quantitative estimate of drug-likeness (QED) is 0.207. The first-order valence-corrected chi connectivity index (χ1v) is 11.0. The highest BCUT2D eigenvalue weighted by Gasteiger charge is 2.30. The predicted octanol–water partition coefficient (Wildman–Crippen LogP) is -0.739.